The molecule has 1 heterocycles. The van der Waals surface area contributed by atoms with E-state index in [0.29, 0.717) is 5.92 Å². The standard InChI is InChI=1S/C29H32N2/c1-3-21-10-12-24(13-11-21)25-15-17-26(18-16-25)28-20-27(23-8-6-5-7-9-23)19-14-22(4-2)29(30)31-28/h3-13,15-18,22,27-29,31H,1-2,14,19-20,30H2/t22?,27-,28?,29?/m0/s1. The smallest absolute Gasteiger partial charge is 0.0615 e. The molecular weight excluding hydrogens is 376 g/mol. The van der Waals surface area contributed by atoms with Crippen LogP contribution in [0.25, 0.3) is 17.2 Å². The minimum atomic E-state index is -0.0784. The SMILES string of the molecule is C=Cc1ccc(-c2ccc(C3C[C@@H](c4ccccc4)CCC(C=C)C(N)N3)cc2)cc1. The molecule has 0 aromatic heterocycles. The summed E-state index contributed by atoms with van der Waals surface area (Å²) in [6, 6.07) is 28.5. The molecule has 4 rings (SSSR count). The Morgan fingerprint density at radius 1 is 0.774 bits per heavy atom. The topological polar surface area (TPSA) is 38.0 Å². The van der Waals surface area contributed by atoms with Crippen LogP contribution in [0, 0.1) is 5.92 Å². The summed E-state index contributed by atoms with van der Waals surface area (Å²) in [5, 5.41) is 3.71. The van der Waals surface area contributed by atoms with Crippen LogP contribution in [0.15, 0.2) is 98.1 Å². The van der Waals surface area contributed by atoms with Gasteiger partial charge in [-0.2, -0.15) is 0 Å². The summed E-state index contributed by atoms with van der Waals surface area (Å²) in [5.41, 5.74) is 12.8. The Balaban J connectivity index is 1.59. The van der Waals surface area contributed by atoms with E-state index in [9.17, 15) is 0 Å². The molecule has 0 amide bonds. The van der Waals surface area contributed by atoms with Crippen LogP contribution in [0.3, 0.4) is 0 Å². The summed E-state index contributed by atoms with van der Waals surface area (Å²) in [4.78, 5) is 0. The molecule has 2 nitrogen and oxygen atoms in total. The van der Waals surface area contributed by atoms with Crippen molar-refractivity contribution in [3.63, 3.8) is 0 Å². The predicted molar refractivity (Wildman–Crippen MR) is 133 cm³/mol. The van der Waals surface area contributed by atoms with Gasteiger partial charge in [-0.05, 0) is 53.0 Å². The number of benzene rings is 3. The van der Waals surface area contributed by atoms with E-state index in [0.717, 1.165) is 24.8 Å². The van der Waals surface area contributed by atoms with Crippen LogP contribution in [-0.4, -0.2) is 6.17 Å². The van der Waals surface area contributed by atoms with Crippen molar-refractivity contribution in [2.45, 2.75) is 37.4 Å². The predicted octanol–water partition coefficient (Wildman–Crippen LogP) is 6.68. The highest BCUT2D eigenvalue weighted by molar-refractivity contribution is 5.65. The van der Waals surface area contributed by atoms with Gasteiger partial charge in [0.1, 0.15) is 0 Å². The molecule has 3 aromatic rings. The summed E-state index contributed by atoms with van der Waals surface area (Å²) in [7, 11) is 0. The van der Waals surface area contributed by atoms with Gasteiger partial charge in [-0.15, -0.1) is 6.58 Å². The molecule has 0 bridgehead atoms. The fraction of sp³-hybridized carbons (Fsp3) is 0.241. The molecule has 0 radical (unpaired) electrons. The van der Waals surface area contributed by atoms with Gasteiger partial charge in [0.15, 0.2) is 0 Å². The van der Waals surface area contributed by atoms with Crippen molar-refractivity contribution in [3.05, 3.63) is 115 Å². The number of nitrogens with one attached hydrogen (secondary N) is 1. The Labute approximate surface area is 186 Å². The highest BCUT2D eigenvalue weighted by atomic mass is 15.1. The molecule has 3 unspecified atom stereocenters. The third-order valence-corrected chi connectivity index (χ3v) is 6.59. The van der Waals surface area contributed by atoms with Gasteiger partial charge >= 0.3 is 0 Å². The van der Waals surface area contributed by atoms with Gasteiger partial charge in [-0.3, -0.25) is 5.32 Å². The quantitative estimate of drug-likeness (QED) is 0.462. The fourth-order valence-electron chi connectivity index (χ4n) is 4.64. The third kappa shape index (κ3) is 5.04. The molecule has 3 aromatic carbocycles. The molecule has 2 heteroatoms. The van der Waals surface area contributed by atoms with Crippen LogP contribution in [0.1, 0.15) is 47.9 Å². The maximum Gasteiger partial charge on any atom is 0.0615 e. The normalized spacial score (nSPS) is 24.0. The Morgan fingerprint density at radius 2 is 1.42 bits per heavy atom. The lowest BCUT2D eigenvalue weighted by Gasteiger charge is -2.34. The van der Waals surface area contributed by atoms with Crippen molar-refractivity contribution in [1.82, 2.24) is 5.32 Å². The van der Waals surface area contributed by atoms with E-state index in [1.807, 2.05) is 12.2 Å². The molecular formula is C29H32N2. The molecule has 31 heavy (non-hydrogen) atoms. The first-order chi connectivity index (χ1) is 15.2. The van der Waals surface area contributed by atoms with Gasteiger partial charge in [0.05, 0.1) is 6.17 Å². The fourth-order valence-corrected chi connectivity index (χ4v) is 4.64. The van der Waals surface area contributed by atoms with Gasteiger partial charge in [0.25, 0.3) is 0 Å². The van der Waals surface area contributed by atoms with Gasteiger partial charge < -0.3 is 5.73 Å². The van der Waals surface area contributed by atoms with E-state index in [1.165, 1.54) is 22.3 Å². The van der Waals surface area contributed by atoms with Crippen molar-refractivity contribution in [2.24, 2.45) is 11.7 Å². The van der Waals surface area contributed by atoms with Crippen LogP contribution in [0.4, 0.5) is 0 Å². The zero-order valence-corrected chi connectivity index (χ0v) is 18.1. The second-order valence-electron chi connectivity index (χ2n) is 8.51. The molecule has 3 N–H and O–H groups in total. The number of hydrogen-bond donors (Lipinski definition) is 2. The van der Waals surface area contributed by atoms with Crippen molar-refractivity contribution < 1.29 is 0 Å². The molecule has 0 spiro atoms. The van der Waals surface area contributed by atoms with E-state index in [4.69, 9.17) is 5.73 Å². The number of rotatable bonds is 5. The highest BCUT2D eigenvalue weighted by Crippen LogP contribution is 2.36. The first-order valence-corrected chi connectivity index (χ1v) is 11.2. The van der Waals surface area contributed by atoms with Crippen LogP contribution in [0.2, 0.25) is 0 Å². The third-order valence-electron chi connectivity index (χ3n) is 6.59. The second-order valence-corrected chi connectivity index (χ2v) is 8.51. The van der Waals surface area contributed by atoms with Gasteiger partial charge in [-0.25, -0.2) is 0 Å². The summed E-state index contributed by atoms with van der Waals surface area (Å²) in [5.74, 6) is 0.774. The number of nitrogens with two attached hydrogens (primary N) is 1. The average Bonchev–Trinajstić information content (AvgIpc) is 2.82. The van der Waals surface area contributed by atoms with Crippen LogP contribution in [0.5, 0.6) is 0 Å². The first-order valence-electron chi connectivity index (χ1n) is 11.2. The molecule has 158 valence electrons. The van der Waals surface area contributed by atoms with E-state index < -0.39 is 0 Å². The lowest BCUT2D eigenvalue weighted by atomic mass is 9.81. The molecule has 4 atom stereocenters. The van der Waals surface area contributed by atoms with Gasteiger partial charge in [0, 0.05) is 12.0 Å². The maximum atomic E-state index is 6.53. The van der Waals surface area contributed by atoms with Crippen molar-refractivity contribution in [2.75, 3.05) is 0 Å². The van der Waals surface area contributed by atoms with Crippen LogP contribution < -0.4 is 11.1 Å². The Hall–Kier alpha value is -2.94. The maximum absolute atomic E-state index is 6.53. The molecule has 0 saturated carbocycles. The average molecular weight is 409 g/mol. The Morgan fingerprint density at radius 3 is 2.03 bits per heavy atom. The van der Waals surface area contributed by atoms with Crippen molar-refractivity contribution in [1.29, 1.82) is 0 Å². The number of hydrogen-bond acceptors (Lipinski definition) is 2. The van der Waals surface area contributed by atoms with Gasteiger partial charge in [-0.1, -0.05) is 97.6 Å². The first kappa shape index (κ1) is 21.3. The minimum absolute atomic E-state index is 0.0784. The van der Waals surface area contributed by atoms with E-state index in [2.05, 4.69) is 97.3 Å². The Kier molecular flexibility index (Phi) is 6.81. The summed E-state index contributed by atoms with van der Waals surface area (Å²) < 4.78 is 0. The molecule has 1 fully saturated rings. The van der Waals surface area contributed by atoms with Gasteiger partial charge in [0.2, 0.25) is 0 Å². The monoisotopic (exact) mass is 408 g/mol. The zero-order chi connectivity index (χ0) is 21.6. The zero-order valence-electron chi connectivity index (χ0n) is 18.1. The largest absolute Gasteiger partial charge is 0.315 e. The van der Waals surface area contributed by atoms with Crippen molar-refractivity contribution in [3.8, 4) is 11.1 Å². The summed E-state index contributed by atoms with van der Waals surface area (Å²) in [6.45, 7) is 7.87. The highest BCUT2D eigenvalue weighted by Gasteiger charge is 2.27. The van der Waals surface area contributed by atoms with E-state index in [-0.39, 0.29) is 18.1 Å². The lowest BCUT2D eigenvalue weighted by molar-refractivity contribution is 0.287. The molecule has 0 aliphatic carbocycles. The second kappa shape index (κ2) is 9.91. The van der Waals surface area contributed by atoms with Crippen LogP contribution >= 0.6 is 0 Å². The summed E-state index contributed by atoms with van der Waals surface area (Å²) in [6.07, 6.45) is 7.03. The molecule has 1 aliphatic rings. The van der Waals surface area contributed by atoms with Crippen molar-refractivity contribution >= 4 is 6.08 Å². The molecule has 1 saturated heterocycles. The molecule has 1 aliphatic heterocycles. The summed E-state index contributed by atoms with van der Waals surface area (Å²) >= 11 is 0. The van der Waals surface area contributed by atoms with Crippen LogP contribution in [-0.2, 0) is 0 Å². The Bertz CT molecular complexity index is 989. The van der Waals surface area contributed by atoms with E-state index in [1.54, 1.807) is 0 Å². The van der Waals surface area contributed by atoms with E-state index >= 15 is 0 Å². The lowest BCUT2D eigenvalue weighted by Crippen LogP contribution is -2.46. The minimum Gasteiger partial charge on any atom is -0.315 e.